The van der Waals surface area contributed by atoms with Crippen molar-refractivity contribution in [1.29, 1.82) is 0 Å². The molecule has 1 aromatic rings. The molecule has 4 N–H and O–H groups in total. The standard InChI is InChI=1S/C11H16N2O4S/c1-2-18(16,17)7-6-13-11(15)8-4-3-5-9(12)10(8)14/h3-5,14H,2,6-7,12H2,1H3,(H,13,15). The summed E-state index contributed by atoms with van der Waals surface area (Å²) >= 11 is 0. The summed E-state index contributed by atoms with van der Waals surface area (Å²) in [6, 6.07) is 4.41. The number of nitrogens with one attached hydrogen (secondary N) is 1. The molecule has 6 nitrogen and oxygen atoms in total. The number of rotatable bonds is 5. The number of hydrogen-bond acceptors (Lipinski definition) is 5. The van der Waals surface area contributed by atoms with Gasteiger partial charge in [-0.15, -0.1) is 0 Å². The smallest absolute Gasteiger partial charge is 0.255 e. The minimum Gasteiger partial charge on any atom is -0.505 e. The van der Waals surface area contributed by atoms with Crippen LogP contribution >= 0.6 is 0 Å². The van der Waals surface area contributed by atoms with Crippen molar-refractivity contribution in [3.05, 3.63) is 23.8 Å². The fourth-order valence-corrected chi connectivity index (χ4v) is 2.01. The van der Waals surface area contributed by atoms with E-state index in [0.717, 1.165) is 0 Å². The average Bonchev–Trinajstić information content (AvgIpc) is 2.32. The van der Waals surface area contributed by atoms with Crippen molar-refractivity contribution in [2.75, 3.05) is 23.8 Å². The molecule has 1 amide bonds. The highest BCUT2D eigenvalue weighted by atomic mass is 32.2. The van der Waals surface area contributed by atoms with E-state index >= 15 is 0 Å². The van der Waals surface area contributed by atoms with Crippen molar-refractivity contribution < 1.29 is 18.3 Å². The summed E-state index contributed by atoms with van der Waals surface area (Å²) in [5.74, 6) is -0.940. The van der Waals surface area contributed by atoms with Gasteiger partial charge < -0.3 is 16.2 Å². The minimum absolute atomic E-state index is 0.00322. The van der Waals surface area contributed by atoms with Crippen LogP contribution in [0.15, 0.2) is 18.2 Å². The van der Waals surface area contributed by atoms with Crippen LogP contribution in [-0.4, -0.2) is 37.5 Å². The summed E-state index contributed by atoms with van der Waals surface area (Å²) in [6.45, 7) is 1.55. The van der Waals surface area contributed by atoms with Crippen LogP contribution in [0.4, 0.5) is 5.69 Å². The maximum absolute atomic E-state index is 11.7. The Hall–Kier alpha value is -1.76. The summed E-state index contributed by atoms with van der Waals surface area (Å²) in [5, 5.41) is 12.0. The van der Waals surface area contributed by atoms with Crippen LogP contribution in [0, 0.1) is 0 Å². The number of nitrogen functional groups attached to an aromatic ring is 1. The van der Waals surface area contributed by atoms with Crippen molar-refractivity contribution in [3.8, 4) is 5.75 Å². The second kappa shape index (κ2) is 5.72. The zero-order valence-corrected chi connectivity index (χ0v) is 10.8. The number of amides is 1. The van der Waals surface area contributed by atoms with E-state index < -0.39 is 15.7 Å². The van der Waals surface area contributed by atoms with Crippen LogP contribution in [0.3, 0.4) is 0 Å². The topological polar surface area (TPSA) is 109 Å². The van der Waals surface area contributed by atoms with Crippen molar-refractivity contribution in [1.82, 2.24) is 5.32 Å². The Morgan fingerprint density at radius 1 is 1.44 bits per heavy atom. The molecule has 0 heterocycles. The summed E-state index contributed by atoms with van der Waals surface area (Å²) in [7, 11) is -3.12. The molecular formula is C11H16N2O4S. The first-order chi connectivity index (χ1) is 8.37. The lowest BCUT2D eigenvalue weighted by Gasteiger charge is -2.08. The Labute approximate surface area is 106 Å². The third-order valence-corrected chi connectivity index (χ3v) is 4.16. The predicted molar refractivity (Wildman–Crippen MR) is 69.2 cm³/mol. The van der Waals surface area contributed by atoms with Gasteiger partial charge in [-0.25, -0.2) is 8.42 Å². The second-order valence-electron chi connectivity index (χ2n) is 3.74. The number of nitrogens with two attached hydrogens (primary N) is 1. The molecule has 0 aromatic heterocycles. The van der Waals surface area contributed by atoms with Gasteiger partial charge in [0.2, 0.25) is 0 Å². The van der Waals surface area contributed by atoms with Gasteiger partial charge >= 0.3 is 0 Å². The van der Waals surface area contributed by atoms with Gasteiger partial charge in [-0.3, -0.25) is 4.79 Å². The van der Waals surface area contributed by atoms with Crippen LogP contribution in [-0.2, 0) is 9.84 Å². The van der Waals surface area contributed by atoms with Crippen molar-refractivity contribution in [2.45, 2.75) is 6.92 Å². The van der Waals surface area contributed by atoms with E-state index in [9.17, 15) is 18.3 Å². The van der Waals surface area contributed by atoms with E-state index in [1.807, 2.05) is 0 Å². The lowest BCUT2D eigenvalue weighted by atomic mass is 10.1. The van der Waals surface area contributed by atoms with E-state index in [0.29, 0.717) is 0 Å². The van der Waals surface area contributed by atoms with Gasteiger partial charge in [-0.05, 0) is 12.1 Å². The second-order valence-corrected chi connectivity index (χ2v) is 6.21. The minimum atomic E-state index is -3.12. The Bertz CT molecular complexity index is 540. The summed E-state index contributed by atoms with van der Waals surface area (Å²) in [6.07, 6.45) is 0. The zero-order valence-electron chi connectivity index (χ0n) is 10.0. The first-order valence-electron chi connectivity index (χ1n) is 5.43. The number of sulfone groups is 1. The number of phenolic OH excluding ortho intramolecular Hbond substituents is 1. The molecule has 0 spiro atoms. The Morgan fingerprint density at radius 3 is 2.72 bits per heavy atom. The SMILES string of the molecule is CCS(=O)(=O)CCNC(=O)c1cccc(N)c1O. The first kappa shape index (κ1) is 14.3. The summed E-state index contributed by atoms with van der Waals surface area (Å²) in [5.41, 5.74) is 5.58. The van der Waals surface area contributed by atoms with Crippen molar-refractivity contribution in [3.63, 3.8) is 0 Å². The number of anilines is 1. The third kappa shape index (κ3) is 3.63. The van der Waals surface area contributed by atoms with Gasteiger partial charge in [0.25, 0.3) is 5.91 Å². The largest absolute Gasteiger partial charge is 0.505 e. The molecule has 100 valence electrons. The number of para-hydroxylation sites is 1. The molecule has 0 saturated heterocycles. The molecule has 0 unspecified atom stereocenters. The van der Waals surface area contributed by atoms with Gasteiger partial charge in [0.05, 0.1) is 17.0 Å². The molecule has 0 bridgehead atoms. The molecule has 0 radical (unpaired) electrons. The fourth-order valence-electron chi connectivity index (χ4n) is 1.30. The van der Waals surface area contributed by atoms with Gasteiger partial charge in [-0.2, -0.15) is 0 Å². The highest BCUT2D eigenvalue weighted by molar-refractivity contribution is 7.91. The van der Waals surface area contributed by atoms with E-state index in [-0.39, 0.29) is 35.1 Å². The highest BCUT2D eigenvalue weighted by Crippen LogP contribution is 2.23. The molecule has 0 saturated carbocycles. The zero-order chi connectivity index (χ0) is 13.8. The van der Waals surface area contributed by atoms with E-state index in [4.69, 9.17) is 5.73 Å². The Kier molecular flexibility index (Phi) is 4.55. The number of aromatic hydroxyl groups is 1. The molecule has 18 heavy (non-hydrogen) atoms. The molecule has 0 aliphatic rings. The van der Waals surface area contributed by atoms with Crippen LogP contribution in [0.5, 0.6) is 5.75 Å². The normalized spacial score (nSPS) is 11.2. The first-order valence-corrected chi connectivity index (χ1v) is 7.25. The van der Waals surface area contributed by atoms with Crippen LogP contribution < -0.4 is 11.1 Å². The van der Waals surface area contributed by atoms with Gasteiger partial charge in [-0.1, -0.05) is 13.0 Å². The molecule has 0 atom stereocenters. The van der Waals surface area contributed by atoms with Gasteiger partial charge in [0, 0.05) is 12.3 Å². The summed E-state index contributed by atoms with van der Waals surface area (Å²) in [4.78, 5) is 11.7. The van der Waals surface area contributed by atoms with Crippen molar-refractivity contribution in [2.24, 2.45) is 0 Å². The fraction of sp³-hybridized carbons (Fsp3) is 0.364. The Balaban J connectivity index is 2.64. The third-order valence-electron chi connectivity index (χ3n) is 2.45. The quantitative estimate of drug-likeness (QED) is 0.521. The molecule has 7 heteroatoms. The number of phenols is 1. The van der Waals surface area contributed by atoms with Crippen molar-refractivity contribution >= 4 is 21.4 Å². The predicted octanol–water partition coefficient (Wildman–Crippen LogP) is 0.139. The summed E-state index contributed by atoms with van der Waals surface area (Å²) < 4.78 is 22.4. The van der Waals surface area contributed by atoms with E-state index in [1.165, 1.54) is 18.2 Å². The monoisotopic (exact) mass is 272 g/mol. The van der Waals surface area contributed by atoms with E-state index in [2.05, 4.69) is 5.32 Å². The maximum Gasteiger partial charge on any atom is 0.255 e. The number of hydrogen-bond donors (Lipinski definition) is 3. The lowest BCUT2D eigenvalue weighted by Crippen LogP contribution is -2.29. The Morgan fingerprint density at radius 2 is 2.11 bits per heavy atom. The number of carbonyl (C=O) groups is 1. The molecular weight excluding hydrogens is 256 g/mol. The van der Waals surface area contributed by atoms with Crippen LogP contribution in [0.1, 0.15) is 17.3 Å². The highest BCUT2D eigenvalue weighted by Gasteiger charge is 2.13. The molecule has 0 fully saturated rings. The molecule has 1 aromatic carbocycles. The number of carbonyl (C=O) groups excluding carboxylic acids is 1. The average molecular weight is 272 g/mol. The molecule has 1 rings (SSSR count). The maximum atomic E-state index is 11.7. The van der Waals surface area contributed by atoms with Crippen LogP contribution in [0.25, 0.3) is 0 Å². The van der Waals surface area contributed by atoms with Gasteiger partial charge in [0.1, 0.15) is 0 Å². The van der Waals surface area contributed by atoms with Crippen LogP contribution in [0.2, 0.25) is 0 Å². The van der Waals surface area contributed by atoms with E-state index in [1.54, 1.807) is 6.92 Å². The lowest BCUT2D eigenvalue weighted by molar-refractivity contribution is 0.0953. The number of benzene rings is 1. The molecule has 0 aliphatic carbocycles. The van der Waals surface area contributed by atoms with Gasteiger partial charge in [0.15, 0.2) is 15.6 Å². The molecule has 0 aliphatic heterocycles.